The molecule has 0 atom stereocenters. The van der Waals surface area contributed by atoms with Crippen LogP contribution < -0.4 is 0 Å². The lowest BCUT2D eigenvalue weighted by atomic mass is 9.94. The highest BCUT2D eigenvalue weighted by Gasteiger charge is 2.37. The number of alkyl halides is 12. The first kappa shape index (κ1) is 57.4. The lowest BCUT2D eigenvalue weighted by Crippen LogP contribution is -2.09. The van der Waals surface area contributed by atoms with Gasteiger partial charge in [-0.25, -0.2) is 4.85 Å². The van der Waals surface area contributed by atoms with Crippen LogP contribution in [-0.4, -0.2) is 9.13 Å². The standard InChI is InChI=1S/C71H44F12N4/c1-37-10-18-49(39(3)26-37)42-12-22-63-55(30-42)56-33-45(52-19-11-38(2)27-59(52)71(81,82)83)15-25-64(56)87(63)66-35-46(67-58(70(78,79)80)8-7-9-60(67)85-6)34-65(57(66)36-84)86-61-23-13-43(50-20-16-47(28-40(50)4)68(72,73)74)31-53(61)54-32-44(14-24-62(54)86)51-21-17-48(29-41(51)5)69(75,76)77/h7-35H,1-5H3. The average Bonchev–Trinajstić information content (AvgIpc) is 1.61. The molecule has 16 heteroatoms. The van der Waals surface area contributed by atoms with Crippen LogP contribution in [0.2, 0.25) is 0 Å². The van der Waals surface area contributed by atoms with Gasteiger partial charge in [0, 0.05) is 21.5 Å². The molecule has 0 aliphatic heterocycles. The van der Waals surface area contributed by atoms with E-state index < -0.39 is 52.5 Å². The molecule has 0 spiro atoms. The summed E-state index contributed by atoms with van der Waals surface area (Å²) < 4.78 is 179. The Bertz CT molecular complexity index is 4840. The zero-order valence-electron chi connectivity index (χ0n) is 46.6. The monoisotopic (exact) mass is 1180 g/mol. The molecule has 0 saturated carbocycles. The lowest BCUT2D eigenvalue weighted by molar-refractivity contribution is -0.138. The molecule has 0 fully saturated rings. The minimum atomic E-state index is -5.03. The van der Waals surface area contributed by atoms with E-state index in [1.807, 2.05) is 44.2 Å². The number of aromatic nitrogens is 2. The van der Waals surface area contributed by atoms with Gasteiger partial charge in [0.1, 0.15) is 11.6 Å². The van der Waals surface area contributed by atoms with Crippen molar-refractivity contribution in [1.82, 2.24) is 9.13 Å². The number of hydrogen-bond acceptors (Lipinski definition) is 1. The van der Waals surface area contributed by atoms with E-state index in [9.17, 15) is 44.8 Å². The second kappa shape index (κ2) is 20.6. The first-order valence-corrected chi connectivity index (χ1v) is 27.1. The van der Waals surface area contributed by atoms with E-state index in [1.54, 1.807) is 76.7 Å². The van der Waals surface area contributed by atoms with Gasteiger partial charge in [-0.3, -0.25) is 0 Å². The van der Waals surface area contributed by atoms with Crippen LogP contribution in [0.5, 0.6) is 0 Å². The minimum Gasteiger partial charge on any atom is -0.308 e. The Labute approximate surface area is 489 Å². The van der Waals surface area contributed by atoms with E-state index in [4.69, 9.17) is 6.57 Å². The fourth-order valence-corrected chi connectivity index (χ4v) is 12.2. The molecule has 87 heavy (non-hydrogen) atoms. The van der Waals surface area contributed by atoms with E-state index in [2.05, 4.69) is 10.9 Å². The maximum Gasteiger partial charge on any atom is 0.417 e. The van der Waals surface area contributed by atoms with Crippen LogP contribution in [0.1, 0.15) is 55.6 Å². The summed E-state index contributed by atoms with van der Waals surface area (Å²) in [6, 6.07) is 45.1. The van der Waals surface area contributed by atoms with Crippen molar-refractivity contribution in [2.75, 3.05) is 0 Å². The predicted molar refractivity (Wildman–Crippen MR) is 317 cm³/mol. The van der Waals surface area contributed by atoms with Gasteiger partial charge in [0.2, 0.25) is 0 Å². The third-order valence-corrected chi connectivity index (χ3v) is 16.2. The zero-order chi connectivity index (χ0) is 62.0. The molecule has 12 rings (SSSR count). The Hall–Kier alpha value is -10.1. The first-order chi connectivity index (χ1) is 41.1. The fraction of sp³-hybridized carbons (Fsp3) is 0.127. The third-order valence-electron chi connectivity index (χ3n) is 16.2. The van der Waals surface area contributed by atoms with E-state index in [1.165, 1.54) is 56.3 Å². The number of hydrogen-bond donors (Lipinski definition) is 0. The van der Waals surface area contributed by atoms with Crippen molar-refractivity contribution in [3.63, 3.8) is 0 Å². The van der Waals surface area contributed by atoms with Crippen molar-refractivity contribution in [3.05, 3.63) is 243 Å². The van der Waals surface area contributed by atoms with Crippen molar-refractivity contribution in [3.8, 4) is 73.1 Å². The average molecular weight is 1180 g/mol. The van der Waals surface area contributed by atoms with Crippen LogP contribution in [0.4, 0.5) is 58.4 Å². The van der Waals surface area contributed by atoms with E-state index in [0.29, 0.717) is 71.4 Å². The van der Waals surface area contributed by atoms with Crippen LogP contribution in [0.15, 0.2) is 176 Å². The molecule has 0 N–H and O–H groups in total. The molecular weight excluding hydrogens is 1140 g/mol. The highest BCUT2D eigenvalue weighted by Crippen LogP contribution is 2.49. The number of fused-ring (bicyclic) bond motifs is 6. The van der Waals surface area contributed by atoms with Crippen molar-refractivity contribution in [1.29, 1.82) is 5.26 Å². The molecule has 2 aromatic heterocycles. The van der Waals surface area contributed by atoms with Gasteiger partial charge in [-0.1, -0.05) is 96.1 Å². The molecule has 0 bridgehead atoms. The summed E-state index contributed by atoms with van der Waals surface area (Å²) in [4.78, 5) is 3.56. The molecular formula is C71H44F12N4. The molecule has 10 aromatic carbocycles. The van der Waals surface area contributed by atoms with Crippen LogP contribution in [0.25, 0.3) is 115 Å². The van der Waals surface area contributed by atoms with Gasteiger partial charge in [-0.05, 0) is 198 Å². The Morgan fingerprint density at radius 2 is 0.759 bits per heavy atom. The quantitative estimate of drug-likeness (QED) is 0.116. The minimum absolute atomic E-state index is 0.00262. The summed E-state index contributed by atoms with van der Waals surface area (Å²) in [5.74, 6) is 0. The van der Waals surface area contributed by atoms with Crippen LogP contribution in [-0.2, 0) is 24.7 Å². The fourth-order valence-electron chi connectivity index (χ4n) is 12.2. The van der Waals surface area contributed by atoms with Gasteiger partial charge in [0.25, 0.3) is 0 Å². The largest absolute Gasteiger partial charge is 0.417 e. The predicted octanol–water partition coefficient (Wildman–Crippen LogP) is 22.3. The van der Waals surface area contributed by atoms with Crippen LogP contribution in [0.3, 0.4) is 0 Å². The summed E-state index contributed by atoms with van der Waals surface area (Å²) >= 11 is 0. The maximum atomic E-state index is 15.5. The number of nitriles is 1. The molecule has 0 amide bonds. The molecule has 432 valence electrons. The smallest absolute Gasteiger partial charge is 0.308 e. The number of aryl methyl sites for hydroxylation is 5. The van der Waals surface area contributed by atoms with Gasteiger partial charge in [-0.15, -0.1) is 0 Å². The summed E-state index contributed by atoms with van der Waals surface area (Å²) in [5, 5.41) is 13.6. The molecule has 0 aliphatic carbocycles. The highest BCUT2D eigenvalue weighted by molar-refractivity contribution is 6.14. The van der Waals surface area contributed by atoms with Crippen molar-refractivity contribution in [2.24, 2.45) is 0 Å². The van der Waals surface area contributed by atoms with Crippen LogP contribution >= 0.6 is 0 Å². The van der Waals surface area contributed by atoms with Crippen molar-refractivity contribution >= 4 is 49.3 Å². The number of halogens is 12. The maximum absolute atomic E-state index is 15.5. The summed E-state index contributed by atoms with van der Waals surface area (Å²) in [7, 11) is 0. The van der Waals surface area contributed by atoms with Gasteiger partial charge < -0.3 is 9.13 Å². The lowest BCUT2D eigenvalue weighted by Gasteiger charge is -2.21. The molecule has 2 heterocycles. The van der Waals surface area contributed by atoms with Crippen LogP contribution in [0, 0.1) is 52.5 Å². The van der Waals surface area contributed by atoms with E-state index in [0.717, 1.165) is 64.7 Å². The second-order valence-electron chi connectivity index (χ2n) is 21.8. The number of benzene rings is 10. The Balaban J connectivity index is 1.21. The normalized spacial score (nSPS) is 12.4. The highest BCUT2D eigenvalue weighted by atomic mass is 19.4. The third kappa shape index (κ3) is 9.98. The molecule has 0 saturated heterocycles. The Morgan fingerprint density at radius 3 is 1.13 bits per heavy atom. The second-order valence-corrected chi connectivity index (χ2v) is 21.8. The van der Waals surface area contributed by atoms with Gasteiger partial charge in [-0.2, -0.15) is 57.9 Å². The number of rotatable bonds is 7. The van der Waals surface area contributed by atoms with Gasteiger partial charge in [0.05, 0.1) is 62.3 Å². The van der Waals surface area contributed by atoms with Crippen molar-refractivity contribution in [2.45, 2.75) is 59.3 Å². The topological polar surface area (TPSA) is 38.0 Å². The SMILES string of the molecule is [C-]#[N+]c1cccc(C(F)(F)F)c1-c1cc(-n2c3ccc(-c4ccc(C(F)(F)F)cc4C)cc3c3cc(-c4ccc(C(F)(F)F)cc4C)ccc32)c(C#N)c(-n2c3ccc(-c4ccc(C)cc4C)cc3c3cc(-c4ccc(C)cc4C(F)(F)F)ccc32)c1. The summed E-state index contributed by atoms with van der Waals surface area (Å²) in [6.07, 6.45) is -19.1. The van der Waals surface area contributed by atoms with E-state index in [-0.39, 0.29) is 50.4 Å². The first-order valence-electron chi connectivity index (χ1n) is 27.1. The zero-order valence-corrected chi connectivity index (χ0v) is 46.6. The molecule has 4 nitrogen and oxygen atoms in total. The summed E-state index contributed by atoms with van der Waals surface area (Å²) in [5.41, 5.74) is 2.74. The molecule has 0 radical (unpaired) electrons. The Morgan fingerprint density at radius 1 is 0.379 bits per heavy atom. The molecule has 0 unspecified atom stereocenters. The van der Waals surface area contributed by atoms with Crippen molar-refractivity contribution < 1.29 is 52.7 Å². The summed E-state index contributed by atoms with van der Waals surface area (Å²) in [6.45, 7) is 16.7. The molecule has 12 aromatic rings. The molecule has 0 aliphatic rings. The van der Waals surface area contributed by atoms with E-state index >= 15 is 13.2 Å². The Kier molecular flexibility index (Phi) is 13.6. The van der Waals surface area contributed by atoms with Gasteiger partial charge in [0.15, 0.2) is 5.69 Å². The van der Waals surface area contributed by atoms with Gasteiger partial charge >= 0.3 is 24.7 Å². The number of nitrogens with zero attached hydrogens (tertiary/aromatic N) is 4.